The normalized spacial score (nSPS) is 11.8. The number of anilines is 2. The van der Waals surface area contributed by atoms with Crippen molar-refractivity contribution in [1.82, 2.24) is 0 Å². The number of benzene rings is 3. The van der Waals surface area contributed by atoms with Gasteiger partial charge in [0.25, 0.3) is 10.0 Å². The summed E-state index contributed by atoms with van der Waals surface area (Å²) in [5.41, 5.74) is 1.94. The second-order valence-corrected chi connectivity index (χ2v) is 10.8. The molecule has 0 spiro atoms. The lowest BCUT2D eigenvalue weighted by molar-refractivity contribution is 0.599. The molecule has 3 rings (SSSR count). The molecule has 3 aromatic rings. The zero-order valence-corrected chi connectivity index (χ0v) is 18.9. The zero-order valence-electron chi connectivity index (χ0n) is 15.8. The quantitative estimate of drug-likeness (QED) is 0.490. The Hall–Kier alpha value is -2.26. The number of rotatable bonds is 7. The highest BCUT2D eigenvalue weighted by atomic mass is 35.5. The van der Waals surface area contributed by atoms with Crippen LogP contribution in [0.25, 0.3) is 0 Å². The Labute approximate surface area is 186 Å². The van der Waals surface area contributed by atoms with Crippen molar-refractivity contribution < 1.29 is 16.8 Å². The topological polar surface area (TPSA) is 92.3 Å². The zero-order chi connectivity index (χ0) is 21.9. The first kappa shape index (κ1) is 22.4. The first-order chi connectivity index (χ1) is 14.1. The Balaban J connectivity index is 1.74. The van der Waals surface area contributed by atoms with Crippen LogP contribution in [0, 0.1) is 6.92 Å². The minimum Gasteiger partial charge on any atom is -0.283 e. The van der Waals surface area contributed by atoms with Crippen molar-refractivity contribution in [3.8, 4) is 0 Å². The van der Waals surface area contributed by atoms with E-state index in [2.05, 4.69) is 9.44 Å². The molecule has 2 N–H and O–H groups in total. The summed E-state index contributed by atoms with van der Waals surface area (Å²) in [6.45, 7) is 1.90. The molecule has 6 nitrogen and oxygen atoms in total. The van der Waals surface area contributed by atoms with E-state index in [-0.39, 0.29) is 26.2 Å². The van der Waals surface area contributed by atoms with Gasteiger partial charge in [0, 0.05) is 27.0 Å². The molecule has 0 saturated heterocycles. The number of halogens is 2. The fourth-order valence-electron chi connectivity index (χ4n) is 2.61. The van der Waals surface area contributed by atoms with Crippen LogP contribution in [0.3, 0.4) is 0 Å². The van der Waals surface area contributed by atoms with Crippen molar-refractivity contribution in [2.75, 3.05) is 9.44 Å². The molecule has 158 valence electrons. The minimum atomic E-state index is -3.82. The van der Waals surface area contributed by atoms with E-state index in [0.29, 0.717) is 5.69 Å². The van der Waals surface area contributed by atoms with Crippen molar-refractivity contribution >= 4 is 54.6 Å². The number of sulfonamides is 2. The second-order valence-electron chi connectivity index (χ2n) is 6.56. The molecule has 0 heterocycles. The van der Waals surface area contributed by atoms with E-state index in [0.717, 1.165) is 5.56 Å². The van der Waals surface area contributed by atoms with Gasteiger partial charge in [0.1, 0.15) is 0 Å². The largest absolute Gasteiger partial charge is 0.283 e. The Morgan fingerprint density at radius 3 is 1.80 bits per heavy atom. The predicted octanol–water partition coefficient (Wildman–Crippen LogP) is 5.04. The summed E-state index contributed by atoms with van der Waals surface area (Å²) in [4.78, 5) is 0.000159. The molecule has 3 aromatic carbocycles. The highest BCUT2D eigenvalue weighted by Gasteiger charge is 2.18. The third-order valence-corrected chi connectivity index (χ3v) is 7.46. The molecule has 30 heavy (non-hydrogen) atoms. The lowest BCUT2D eigenvalue weighted by atomic mass is 10.2. The van der Waals surface area contributed by atoms with Gasteiger partial charge >= 0.3 is 0 Å². The average Bonchev–Trinajstić information content (AvgIpc) is 2.67. The van der Waals surface area contributed by atoms with Gasteiger partial charge in [0.15, 0.2) is 0 Å². The van der Waals surface area contributed by atoms with E-state index in [1.165, 1.54) is 24.3 Å². The van der Waals surface area contributed by atoms with Crippen LogP contribution in [0.4, 0.5) is 11.4 Å². The maximum absolute atomic E-state index is 12.5. The van der Waals surface area contributed by atoms with E-state index >= 15 is 0 Å². The molecular formula is C20H18Cl2N2O4S2. The van der Waals surface area contributed by atoms with Crippen LogP contribution >= 0.6 is 23.2 Å². The van der Waals surface area contributed by atoms with Crippen LogP contribution in [0.1, 0.15) is 11.1 Å². The summed E-state index contributed by atoms with van der Waals surface area (Å²) in [6.07, 6.45) is 0. The summed E-state index contributed by atoms with van der Waals surface area (Å²) >= 11 is 12.1. The van der Waals surface area contributed by atoms with Crippen LogP contribution in [-0.4, -0.2) is 16.8 Å². The van der Waals surface area contributed by atoms with E-state index < -0.39 is 25.8 Å². The number of nitrogens with one attached hydrogen (secondary N) is 2. The lowest BCUT2D eigenvalue weighted by Crippen LogP contribution is -2.16. The first-order valence-corrected chi connectivity index (χ1v) is 12.6. The summed E-state index contributed by atoms with van der Waals surface area (Å²) < 4.78 is 54.8. The van der Waals surface area contributed by atoms with Gasteiger partial charge in [0.2, 0.25) is 10.0 Å². The predicted molar refractivity (Wildman–Crippen MR) is 121 cm³/mol. The van der Waals surface area contributed by atoms with Gasteiger partial charge < -0.3 is 0 Å². The first-order valence-electron chi connectivity index (χ1n) is 8.69. The van der Waals surface area contributed by atoms with Crippen molar-refractivity contribution in [3.05, 3.63) is 87.9 Å². The van der Waals surface area contributed by atoms with Gasteiger partial charge in [0.05, 0.1) is 10.6 Å². The Morgan fingerprint density at radius 1 is 0.733 bits per heavy atom. The molecule has 0 aliphatic carbocycles. The van der Waals surface area contributed by atoms with Gasteiger partial charge in [-0.25, -0.2) is 16.8 Å². The standard InChI is InChI=1S/C20H18Cl2N2O4S2/c1-14-5-7-16(8-6-14)24-30(27,28)17-11-9-15(10-12-17)23-29(25,26)13-18-19(21)3-2-4-20(18)22/h2-12,23-24H,13H2,1H3. The van der Waals surface area contributed by atoms with E-state index in [1.807, 2.05) is 6.92 Å². The molecule has 0 atom stereocenters. The Kier molecular flexibility index (Phi) is 6.62. The SMILES string of the molecule is Cc1ccc(NS(=O)(=O)c2ccc(NS(=O)(=O)Cc3c(Cl)cccc3Cl)cc2)cc1. The highest BCUT2D eigenvalue weighted by Crippen LogP contribution is 2.27. The molecule has 0 aliphatic heterocycles. The smallest absolute Gasteiger partial charge is 0.261 e. The van der Waals surface area contributed by atoms with Crippen LogP contribution in [0.15, 0.2) is 71.6 Å². The van der Waals surface area contributed by atoms with Gasteiger partial charge in [-0.1, -0.05) is 47.0 Å². The van der Waals surface area contributed by atoms with Crippen LogP contribution in [0.5, 0.6) is 0 Å². The molecule has 0 bridgehead atoms. The summed E-state index contributed by atoms with van der Waals surface area (Å²) in [7, 11) is -7.63. The summed E-state index contributed by atoms with van der Waals surface area (Å²) in [5.74, 6) is -0.416. The van der Waals surface area contributed by atoms with Crippen molar-refractivity contribution in [1.29, 1.82) is 0 Å². The van der Waals surface area contributed by atoms with Crippen molar-refractivity contribution in [3.63, 3.8) is 0 Å². The molecule has 0 fully saturated rings. The van der Waals surface area contributed by atoms with E-state index in [1.54, 1.807) is 42.5 Å². The van der Waals surface area contributed by atoms with Crippen LogP contribution in [-0.2, 0) is 25.8 Å². The molecule has 0 saturated carbocycles. The number of hydrogen-bond donors (Lipinski definition) is 2. The molecule has 0 unspecified atom stereocenters. The third kappa shape index (κ3) is 5.66. The van der Waals surface area contributed by atoms with Crippen molar-refractivity contribution in [2.24, 2.45) is 0 Å². The minimum absolute atomic E-state index is 0.000159. The van der Waals surface area contributed by atoms with Gasteiger partial charge in [-0.05, 0) is 55.5 Å². The Morgan fingerprint density at radius 2 is 1.23 bits per heavy atom. The number of hydrogen-bond acceptors (Lipinski definition) is 4. The van der Waals surface area contributed by atoms with Gasteiger partial charge in [-0.2, -0.15) is 0 Å². The fourth-order valence-corrected chi connectivity index (χ4v) is 5.62. The molecule has 0 amide bonds. The van der Waals surface area contributed by atoms with Crippen molar-refractivity contribution in [2.45, 2.75) is 17.6 Å². The number of aryl methyl sites for hydroxylation is 1. The van der Waals surface area contributed by atoms with E-state index in [9.17, 15) is 16.8 Å². The van der Waals surface area contributed by atoms with Crippen LogP contribution in [0.2, 0.25) is 10.0 Å². The molecule has 0 aliphatic rings. The summed E-state index contributed by atoms with van der Waals surface area (Å²) in [5, 5.41) is 0.494. The molecule has 0 radical (unpaired) electrons. The lowest BCUT2D eigenvalue weighted by Gasteiger charge is -2.12. The monoisotopic (exact) mass is 484 g/mol. The third-order valence-electron chi connectivity index (χ3n) is 4.14. The fraction of sp³-hybridized carbons (Fsp3) is 0.100. The molecule has 0 aromatic heterocycles. The Bertz CT molecular complexity index is 1240. The van der Waals surface area contributed by atoms with Gasteiger partial charge in [-0.15, -0.1) is 0 Å². The summed E-state index contributed by atoms with van der Waals surface area (Å²) in [6, 6.07) is 17.0. The highest BCUT2D eigenvalue weighted by molar-refractivity contribution is 7.92. The van der Waals surface area contributed by atoms with Crippen LogP contribution < -0.4 is 9.44 Å². The maximum atomic E-state index is 12.5. The molecular weight excluding hydrogens is 467 g/mol. The van der Waals surface area contributed by atoms with E-state index in [4.69, 9.17) is 23.2 Å². The van der Waals surface area contributed by atoms with Gasteiger partial charge in [-0.3, -0.25) is 9.44 Å². The molecule has 10 heteroatoms. The average molecular weight is 485 g/mol. The second kappa shape index (κ2) is 8.85. The maximum Gasteiger partial charge on any atom is 0.261 e.